The number of nitrogens with one attached hydrogen (secondary N) is 1. The molecule has 0 bridgehead atoms. The van der Waals surface area contributed by atoms with Crippen LogP contribution >= 0.6 is 11.3 Å². The van der Waals surface area contributed by atoms with Crippen LogP contribution in [0.2, 0.25) is 0 Å². The molecule has 1 N–H and O–H groups in total. The number of anilines is 2. The Hall–Kier alpha value is -3.36. The molecule has 0 aliphatic carbocycles. The van der Waals surface area contributed by atoms with Gasteiger partial charge in [0.2, 0.25) is 5.95 Å². The first-order valence-electron chi connectivity index (χ1n) is 11.4. The Kier molecular flexibility index (Phi) is 6.51. The van der Waals surface area contributed by atoms with Crippen LogP contribution < -0.4 is 10.2 Å². The van der Waals surface area contributed by atoms with Gasteiger partial charge in [-0.1, -0.05) is 41.7 Å². The number of aromatic nitrogens is 3. The van der Waals surface area contributed by atoms with Crippen molar-refractivity contribution in [3.8, 4) is 21.8 Å². The molecule has 0 spiro atoms. The van der Waals surface area contributed by atoms with E-state index in [2.05, 4.69) is 46.2 Å². The molecular formula is C26H27FN6S. The monoisotopic (exact) mass is 474 g/mol. The fourth-order valence-corrected chi connectivity index (χ4v) is 5.10. The van der Waals surface area contributed by atoms with E-state index in [1.807, 2.05) is 24.3 Å². The first-order chi connectivity index (χ1) is 16.6. The summed E-state index contributed by atoms with van der Waals surface area (Å²) in [6.07, 6.45) is 1.77. The van der Waals surface area contributed by atoms with Crippen LogP contribution in [-0.2, 0) is 0 Å². The lowest BCUT2D eigenvalue weighted by molar-refractivity contribution is 0.313. The van der Waals surface area contributed by atoms with Crippen LogP contribution in [0.15, 0.2) is 66.9 Å². The van der Waals surface area contributed by atoms with Crippen molar-refractivity contribution in [2.24, 2.45) is 0 Å². The van der Waals surface area contributed by atoms with E-state index in [-0.39, 0.29) is 11.9 Å². The number of likely N-dealkylation sites (N-methyl/N-ethyl adjacent to an activating group) is 1. The van der Waals surface area contributed by atoms with E-state index in [0.29, 0.717) is 5.95 Å². The van der Waals surface area contributed by atoms with Crippen molar-refractivity contribution >= 4 is 22.4 Å². The van der Waals surface area contributed by atoms with E-state index in [1.165, 1.54) is 17.7 Å². The second-order valence-corrected chi connectivity index (χ2v) is 9.49. The Balaban J connectivity index is 1.49. The number of halogens is 1. The van der Waals surface area contributed by atoms with E-state index in [4.69, 9.17) is 9.97 Å². The number of rotatable bonds is 6. The fourth-order valence-electron chi connectivity index (χ4n) is 3.99. The lowest BCUT2D eigenvalue weighted by atomic mass is 10.1. The van der Waals surface area contributed by atoms with Gasteiger partial charge >= 0.3 is 0 Å². The summed E-state index contributed by atoms with van der Waals surface area (Å²) in [6.45, 7) is 5.95. The smallest absolute Gasteiger partial charge is 0.223 e. The van der Waals surface area contributed by atoms with Gasteiger partial charge in [0.1, 0.15) is 5.82 Å². The normalized spacial score (nSPS) is 15.3. The van der Waals surface area contributed by atoms with Crippen molar-refractivity contribution in [3.63, 3.8) is 0 Å². The largest absolute Gasteiger partial charge is 0.348 e. The molecule has 2 aromatic heterocycles. The molecule has 174 valence electrons. The SMILES string of the molecule is CC(Nc1nccc(-c2sc(N3CCN(C)CC3)nc2-c2ccc(F)cc2)n1)c1ccccc1. The number of hydrogen-bond donors (Lipinski definition) is 1. The summed E-state index contributed by atoms with van der Waals surface area (Å²) < 4.78 is 13.6. The second kappa shape index (κ2) is 9.87. The van der Waals surface area contributed by atoms with Gasteiger partial charge in [0.25, 0.3) is 0 Å². The van der Waals surface area contributed by atoms with E-state index < -0.39 is 0 Å². The first kappa shape index (κ1) is 22.4. The molecule has 3 heterocycles. The lowest BCUT2D eigenvalue weighted by Gasteiger charge is -2.32. The van der Waals surface area contributed by atoms with Gasteiger partial charge in [-0.3, -0.25) is 0 Å². The standard InChI is InChI=1S/C26H27FN6S/c1-18(19-6-4-3-5-7-19)29-25-28-13-12-22(30-25)24-23(20-8-10-21(27)11-9-20)31-26(34-24)33-16-14-32(2)15-17-33/h3-13,18H,14-17H2,1-2H3,(H,28,29,30). The minimum atomic E-state index is -0.261. The molecule has 6 nitrogen and oxygen atoms in total. The molecule has 0 saturated carbocycles. The maximum absolute atomic E-state index is 13.6. The lowest BCUT2D eigenvalue weighted by Crippen LogP contribution is -2.44. The molecule has 4 aromatic rings. The van der Waals surface area contributed by atoms with E-state index in [1.54, 1.807) is 29.7 Å². The molecule has 8 heteroatoms. The molecular weight excluding hydrogens is 447 g/mol. The summed E-state index contributed by atoms with van der Waals surface area (Å²) in [4.78, 5) is 19.9. The van der Waals surface area contributed by atoms with Crippen molar-refractivity contribution in [2.75, 3.05) is 43.4 Å². The average Bonchev–Trinajstić information content (AvgIpc) is 3.31. The summed E-state index contributed by atoms with van der Waals surface area (Å²) in [5.41, 5.74) is 3.66. The molecule has 1 atom stereocenters. The summed E-state index contributed by atoms with van der Waals surface area (Å²) in [7, 11) is 2.14. The second-order valence-electron chi connectivity index (χ2n) is 8.51. The zero-order valence-electron chi connectivity index (χ0n) is 19.3. The molecule has 1 unspecified atom stereocenters. The molecule has 1 fully saturated rings. The van der Waals surface area contributed by atoms with Crippen molar-refractivity contribution in [1.29, 1.82) is 0 Å². The Bertz CT molecular complexity index is 1240. The van der Waals surface area contributed by atoms with Gasteiger partial charge in [-0.2, -0.15) is 0 Å². The van der Waals surface area contributed by atoms with Crippen LogP contribution in [0.25, 0.3) is 21.8 Å². The highest BCUT2D eigenvalue weighted by molar-refractivity contribution is 7.19. The van der Waals surface area contributed by atoms with Crippen LogP contribution in [-0.4, -0.2) is 53.1 Å². The summed E-state index contributed by atoms with van der Waals surface area (Å²) >= 11 is 1.63. The predicted octanol–water partition coefficient (Wildman–Crippen LogP) is 5.33. The molecule has 5 rings (SSSR count). The molecule has 2 aromatic carbocycles. The quantitative estimate of drug-likeness (QED) is 0.408. The number of thiazole rings is 1. The Labute approximate surface area is 203 Å². The molecule has 0 amide bonds. The minimum absolute atomic E-state index is 0.0652. The first-order valence-corrected chi connectivity index (χ1v) is 12.2. The topological polar surface area (TPSA) is 57.2 Å². The van der Waals surface area contributed by atoms with E-state index in [0.717, 1.165) is 53.1 Å². The summed E-state index contributed by atoms with van der Waals surface area (Å²) in [5.74, 6) is 0.302. The fraction of sp³-hybridized carbons (Fsp3) is 0.269. The van der Waals surface area contributed by atoms with Gasteiger partial charge < -0.3 is 15.1 Å². The maximum Gasteiger partial charge on any atom is 0.223 e. The van der Waals surface area contributed by atoms with Crippen LogP contribution in [0.3, 0.4) is 0 Å². The van der Waals surface area contributed by atoms with Gasteiger partial charge in [0.05, 0.1) is 22.3 Å². The number of benzene rings is 2. The zero-order valence-corrected chi connectivity index (χ0v) is 20.1. The Morgan fingerprint density at radius 2 is 1.68 bits per heavy atom. The van der Waals surface area contributed by atoms with Crippen molar-refractivity contribution < 1.29 is 4.39 Å². The van der Waals surface area contributed by atoms with Crippen LogP contribution in [0.4, 0.5) is 15.5 Å². The minimum Gasteiger partial charge on any atom is -0.348 e. The van der Waals surface area contributed by atoms with Gasteiger partial charge in [-0.25, -0.2) is 19.3 Å². The van der Waals surface area contributed by atoms with Crippen LogP contribution in [0.1, 0.15) is 18.5 Å². The van der Waals surface area contributed by atoms with Crippen molar-refractivity contribution in [2.45, 2.75) is 13.0 Å². The Morgan fingerprint density at radius 3 is 2.41 bits per heavy atom. The Morgan fingerprint density at radius 1 is 0.941 bits per heavy atom. The summed E-state index contributed by atoms with van der Waals surface area (Å²) in [5, 5.41) is 4.37. The molecule has 1 saturated heterocycles. The molecule has 1 aliphatic rings. The number of nitrogens with zero attached hydrogens (tertiary/aromatic N) is 5. The van der Waals surface area contributed by atoms with Crippen molar-refractivity contribution in [3.05, 3.63) is 78.2 Å². The maximum atomic E-state index is 13.6. The predicted molar refractivity (Wildman–Crippen MR) is 137 cm³/mol. The highest BCUT2D eigenvalue weighted by atomic mass is 32.1. The van der Waals surface area contributed by atoms with Gasteiger partial charge in [-0.05, 0) is 49.9 Å². The number of hydrogen-bond acceptors (Lipinski definition) is 7. The third-order valence-corrected chi connectivity index (χ3v) is 7.18. The molecule has 0 radical (unpaired) electrons. The average molecular weight is 475 g/mol. The molecule has 1 aliphatic heterocycles. The van der Waals surface area contributed by atoms with Gasteiger partial charge in [-0.15, -0.1) is 0 Å². The summed E-state index contributed by atoms with van der Waals surface area (Å²) in [6, 6.07) is 18.7. The van der Waals surface area contributed by atoms with Crippen molar-refractivity contribution in [1.82, 2.24) is 19.9 Å². The highest BCUT2D eigenvalue weighted by Crippen LogP contribution is 2.40. The van der Waals surface area contributed by atoms with Gasteiger partial charge in [0.15, 0.2) is 5.13 Å². The third-order valence-electron chi connectivity index (χ3n) is 6.04. The highest BCUT2D eigenvalue weighted by Gasteiger charge is 2.22. The van der Waals surface area contributed by atoms with E-state index in [9.17, 15) is 4.39 Å². The van der Waals surface area contributed by atoms with Crippen LogP contribution in [0.5, 0.6) is 0 Å². The van der Waals surface area contributed by atoms with Gasteiger partial charge in [0, 0.05) is 37.9 Å². The third kappa shape index (κ3) is 4.93. The number of piperazine rings is 1. The van der Waals surface area contributed by atoms with Crippen LogP contribution in [0, 0.1) is 5.82 Å². The van der Waals surface area contributed by atoms with E-state index >= 15 is 0 Å². The molecule has 34 heavy (non-hydrogen) atoms. The zero-order chi connectivity index (χ0) is 23.5.